The van der Waals surface area contributed by atoms with E-state index in [-0.39, 0.29) is 18.3 Å². The first-order chi connectivity index (χ1) is 15.6. The molecule has 190 valence electrons. The molecule has 0 saturated carbocycles. The molecule has 1 fully saturated rings. The molecule has 1 saturated heterocycles. The molecule has 0 aromatic rings. The quantitative estimate of drug-likeness (QED) is 0.124. The first-order valence-electron chi connectivity index (χ1n) is 12.0. The number of carbonyl (C=O) groups is 2. The van der Waals surface area contributed by atoms with Crippen molar-refractivity contribution in [1.29, 1.82) is 0 Å². The largest absolute Gasteiger partial charge is 0.481 e. The van der Waals surface area contributed by atoms with Gasteiger partial charge in [0, 0.05) is 18.4 Å². The van der Waals surface area contributed by atoms with Crippen molar-refractivity contribution in [1.82, 2.24) is 0 Å². The van der Waals surface area contributed by atoms with E-state index in [2.05, 4.69) is 0 Å². The minimum absolute atomic E-state index is 0.0145. The minimum atomic E-state index is -1.05. The van der Waals surface area contributed by atoms with Gasteiger partial charge >= 0.3 is 11.9 Å². The van der Waals surface area contributed by atoms with Crippen molar-refractivity contribution in [3.8, 4) is 0 Å². The summed E-state index contributed by atoms with van der Waals surface area (Å²) < 4.78 is 11.0. The van der Waals surface area contributed by atoms with Crippen LogP contribution in [0.25, 0.3) is 0 Å². The van der Waals surface area contributed by atoms with Crippen LogP contribution in [0, 0.1) is 11.8 Å². The van der Waals surface area contributed by atoms with E-state index in [4.69, 9.17) is 14.6 Å². The molecule has 1 rings (SSSR count). The number of ether oxygens (including phenoxy) is 2. The van der Waals surface area contributed by atoms with Crippen molar-refractivity contribution in [3.63, 3.8) is 0 Å². The van der Waals surface area contributed by atoms with Crippen molar-refractivity contribution in [2.75, 3.05) is 13.2 Å². The highest BCUT2D eigenvalue weighted by atomic mass is 16.5. The minimum Gasteiger partial charge on any atom is -0.481 e. The summed E-state index contributed by atoms with van der Waals surface area (Å²) in [6, 6.07) is 0. The average Bonchev–Trinajstić information content (AvgIpc) is 2.74. The van der Waals surface area contributed by atoms with Crippen LogP contribution in [-0.2, 0) is 19.1 Å². The predicted molar refractivity (Wildman–Crippen MR) is 125 cm³/mol. The van der Waals surface area contributed by atoms with Crippen molar-refractivity contribution in [3.05, 3.63) is 23.8 Å². The Labute approximate surface area is 197 Å². The van der Waals surface area contributed by atoms with Crippen LogP contribution in [0.15, 0.2) is 23.8 Å². The summed E-state index contributed by atoms with van der Waals surface area (Å²) in [6.45, 7) is 6.01. The lowest BCUT2D eigenvalue weighted by molar-refractivity contribution is -0.162. The van der Waals surface area contributed by atoms with E-state index in [9.17, 15) is 24.9 Å². The number of carbonyl (C=O) groups excluding carboxylic acids is 1. The number of aliphatic hydroxyl groups is 3. The lowest BCUT2D eigenvalue weighted by Crippen LogP contribution is -2.50. The van der Waals surface area contributed by atoms with Gasteiger partial charge in [0.15, 0.2) is 0 Å². The number of allylic oxidation sites excluding steroid dienone is 1. The van der Waals surface area contributed by atoms with Crippen LogP contribution in [0.1, 0.15) is 72.1 Å². The Morgan fingerprint density at radius 2 is 1.76 bits per heavy atom. The lowest BCUT2D eigenvalue weighted by atomic mass is 9.87. The zero-order chi connectivity index (χ0) is 24.8. The molecule has 0 bridgehead atoms. The van der Waals surface area contributed by atoms with Gasteiger partial charge in [-0.25, -0.2) is 4.79 Å². The van der Waals surface area contributed by atoms with Gasteiger partial charge in [0.05, 0.1) is 31.5 Å². The topological polar surface area (TPSA) is 134 Å². The fourth-order valence-corrected chi connectivity index (χ4v) is 3.66. The Balaban J connectivity index is 2.31. The number of carboxylic acids is 1. The van der Waals surface area contributed by atoms with E-state index in [1.807, 2.05) is 19.1 Å². The maximum atomic E-state index is 12.0. The fourth-order valence-electron chi connectivity index (χ4n) is 3.66. The van der Waals surface area contributed by atoms with E-state index in [1.165, 1.54) is 6.08 Å². The van der Waals surface area contributed by atoms with Gasteiger partial charge < -0.3 is 29.9 Å². The normalized spacial score (nSPS) is 25.7. The molecular weight excluding hydrogens is 428 g/mol. The van der Waals surface area contributed by atoms with Crippen LogP contribution < -0.4 is 0 Å². The smallest absolute Gasteiger partial charge is 0.330 e. The summed E-state index contributed by atoms with van der Waals surface area (Å²) >= 11 is 0. The number of esters is 1. The van der Waals surface area contributed by atoms with Crippen molar-refractivity contribution >= 4 is 11.9 Å². The maximum absolute atomic E-state index is 12.0. The number of unbranched alkanes of at least 4 members (excludes halogenated alkanes) is 4. The number of carboxylic acid groups (broad SMARTS) is 1. The molecule has 4 N–H and O–H groups in total. The number of aliphatic hydroxyl groups excluding tert-OH is 3. The third-order valence-corrected chi connectivity index (χ3v) is 6.04. The third kappa shape index (κ3) is 12.3. The molecule has 0 aliphatic carbocycles. The van der Waals surface area contributed by atoms with Crippen LogP contribution in [0.3, 0.4) is 0 Å². The second-order valence-electron chi connectivity index (χ2n) is 9.15. The highest BCUT2D eigenvalue weighted by molar-refractivity contribution is 5.82. The van der Waals surface area contributed by atoms with Crippen LogP contribution in [0.5, 0.6) is 0 Å². The molecule has 8 nitrogen and oxygen atoms in total. The SMILES string of the molecule is C/C(=C\C(=O)OCCCCCCCC(=O)O)C[C@@H]1OC[C@H](C/C=C/[C@@H](C)[C@H](C)O)[C@@H](O)[C@H]1O. The van der Waals surface area contributed by atoms with Gasteiger partial charge in [0.25, 0.3) is 0 Å². The van der Waals surface area contributed by atoms with Gasteiger partial charge in [-0.1, -0.05) is 43.9 Å². The Bertz CT molecular complexity index is 642. The van der Waals surface area contributed by atoms with Crippen molar-refractivity contribution < 1.29 is 39.5 Å². The third-order valence-electron chi connectivity index (χ3n) is 6.04. The molecule has 0 aromatic carbocycles. The van der Waals surface area contributed by atoms with Crippen LogP contribution in [0.2, 0.25) is 0 Å². The first kappa shape index (κ1) is 29.3. The average molecular weight is 471 g/mol. The molecule has 8 heteroatoms. The molecule has 33 heavy (non-hydrogen) atoms. The molecule has 0 spiro atoms. The summed E-state index contributed by atoms with van der Waals surface area (Å²) in [7, 11) is 0. The predicted octanol–water partition coefficient (Wildman–Crippen LogP) is 2.99. The van der Waals surface area contributed by atoms with Gasteiger partial charge in [-0.05, 0) is 45.4 Å². The molecule has 1 heterocycles. The standard InChI is InChI=1S/C25H42O8/c1-17(15-23(29)32-13-8-6-4-5-7-12-22(27)28)14-21-25(31)24(30)20(16-33-21)11-9-10-18(2)19(3)26/h9-10,15,18-21,24-26,30-31H,4-8,11-14,16H2,1-3H3,(H,27,28)/b10-9+,17-15+/t18-,19+,20+,21+,24-,25+/m1/s1. The van der Waals surface area contributed by atoms with E-state index in [0.717, 1.165) is 25.7 Å². The van der Waals surface area contributed by atoms with Gasteiger partial charge in [0.2, 0.25) is 0 Å². The molecule has 0 radical (unpaired) electrons. The van der Waals surface area contributed by atoms with E-state index in [0.29, 0.717) is 38.0 Å². The molecule has 6 atom stereocenters. The Morgan fingerprint density at radius 1 is 1.09 bits per heavy atom. The Morgan fingerprint density at radius 3 is 2.42 bits per heavy atom. The summed E-state index contributed by atoms with van der Waals surface area (Å²) in [5.74, 6) is -1.44. The number of rotatable bonds is 15. The van der Waals surface area contributed by atoms with Gasteiger partial charge in [-0.3, -0.25) is 4.79 Å². The van der Waals surface area contributed by atoms with Crippen LogP contribution >= 0.6 is 0 Å². The second-order valence-corrected chi connectivity index (χ2v) is 9.15. The number of aliphatic carboxylic acids is 1. The van der Waals surface area contributed by atoms with Crippen LogP contribution in [-0.4, -0.2) is 70.0 Å². The molecule has 1 aliphatic rings. The van der Waals surface area contributed by atoms with Gasteiger partial charge in [-0.2, -0.15) is 0 Å². The summed E-state index contributed by atoms with van der Waals surface area (Å²) in [5, 5.41) is 39.1. The monoisotopic (exact) mass is 470 g/mol. The molecule has 0 unspecified atom stereocenters. The molecule has 1 aliphatic heterocycles. The number of hydrogen-bond acceptors (Lipinski definition) is 7. The van der Waals surface area contributed by atoms with Crippen molar-refractivity contribution in [2.24, 2.45) is 11.8 Å². The van der Waals surface area contributed by atoms with Crippen LogP contribution in [0.4, 0.5) is 0 Å². The van der Waals surface area contributed by atoms with E-state index >= 15 is 0 Å². The van der Waals surface area contributed by atoms with Crippen molar-refractivity contribution in [2.45, 2.75) is 96.6 Å². The Kier molecular flexibility index (Phi) is 14.2. The van der Waals surface area contributed by atoms with E-state index in [1.54, 1.807) is 13.8 Å². The lowest BCUT2D eigenvalue weighted by Gasteiger charge is -2.37. The Hall–Kier alpha value is -1.74. The van der Waals surface area contributed by atoms with Gasteiger partial charge in [-0.15, -0.1) is 0 Å². The molecular formula is C25H42O8. The second kappa shape index (κ2) is 16.0. The van der Waals surface area contributed by atoms with E-state index < -0.39 is 36.4 Å². The summed E-state index contributed by atoms with van der Waals surface area (Å²) in [6.07, 6.45) is 7.27. The number of hydrogen-bond donors (Lipinski definition) is 4. The van der Waals surface area contributed by atoms with Gasteiger partial charge in [0.1, 0.15) is 6.10 Å². The molecule has 0 aromatic heterocycles. The maximum Gasteiger partial charge on any atom is 0.330 e. The zero-order valence-corrected chi connectivity index (χ0v) is 20.2. The zero-order valence-electron chi connectivity index (χ0n) is 20.2. The first-order valence-corrected chi connectivity index (χ1v) is 12.0. The summed E-state index contributed by atoms with van der Waals surface area (Å²) in [4.78, 5) is 22.4. The highest BCUT2D eigenvalue weighted by Crippen LogP contribution is 2.27. The summed E-state index contributed by atoms with van der Waals surface area (Å²) in [5.41, 5.74) is 0.703. The molecule has 0 amide bonds. The fraction of sp³-hybridized carbons (Fsp3) is 0.760. The highest BCUT2D eigenvalue weighted by Gasteiger charge is 2.37.